The maximum atomic E-state index is 12.3. The molecule has 0 spiro atoms. The van der Waals surface area contributed by atoms with E-state index in [1.807, 2.05) is 30.3 Å². The zero-order chi connectivity index (χ0) is 21.8. The number of urea groups is 1. The van der Waals surface area contributed by atoms with Gasteiger partial charge in [-0.2, -0.15) is 0 Å². The quantitative estimate of drug-likeness (QED) is 0.493. The van der Waals surface area contributed by atoms with Gasteiger partial charge in [0.2, 0.25) is 0 Å². The predicted molar refractivity (Wildman–Crippen MR) is 129 cm³/mol. The van der Waals surface area contributed by atoms with E-state index in [0.29, 0.717) is 16.8 Å². The lowest BCUT2D eigenvalue weighted by Crippen LogP contribution is -2.42. The molecule has 31 heavy (non-hydrogen) atoms. The fourth-order valence-electron chi connectivity index (χ4n) is 4.10. The first-order chi connectivity index (χ1) is 15.0. The summed E-state index contributed by atoms with van der Waals surface area (Å²) in [5.74, 6) is 0.898. The van der Waals surface area contributed by atoms with Gasteiger partial charge in [0.25, 0.3) is 0 Å². The SMILES string of the molecule is CN(C)c1cc(N[C@H]2CC[C@@H](NC(=O)Nc3ccccc3Cl)CC2)nc2ccccc12. The second-order valence-corrected chi connectivity index (χ2v) is 8.62. The molecule has 0 saturated heterocycles. The molecular formula is C24H28ClN5O. The molecule has 2 aromatic carbocycles. The average Bonchev–Trinajstić information content (AvgIpc) is 2.76. The number of carbonyl (C=O) groups is 1. The average molecular weight is 438 g/mol. The van der Waals surface area contributed by atoms with Gasteiger partial charge in [0, 0.05) is 43.3 Å². The Morgan fingerprint density at radius 1 is 1.00 bits per heavy atom. The minimum absolute atomic E-state index is 0.155. The third-order valence-corrected chi connectivity index (χ3v) is 6.04. The number of pyridine rings is 1. The first kappa shape index (κ1) is 21.2. The highest BCUT2D eigenvalue weighted by atomic mass is 35.5. The third kappa shape index (κ3) is 5.20. The van der Waals surface area contributed by atoms with Crippen molar-refractivity contribution in [3.8, 4) is 0 Å². The number of halogens is 1. The van der Waals surface area contributed by atoms with Crippen molar-refractivity contribution in [3.63, 3.8) is 0 Å². The molecule has 1 aliphatic rings. The van der Waals surface area contributed by atoms with E-state index < -0.39 is 0 Å². The van der Waals surface area contributed by atoms with Gasteiger partial charge in [-0.3, -0.25) is 0 Å². The molecular weight excluding hydrogens is 410 g/mol. The van der Waals surface area contributed by atoms with E-state index in [9.17, 15) is 4.79 Å². The van der Waals surface area contributed by atoms with Crippen molar-refractivity contribution < 1.29 is 4.79 Å². The highest BCUT2D eigenvalue weighted by molar-refractivity contribution is 6.33. The normalized spacial score (nSPS) is 18.4. The van der Waals surface area contributed by atoms with Crippen molar-refractivity contribution in [3.05, 3.63) is 59.6 Å². The first-order valence-electron chi connectivity index (χ1n) is 10.7. The molecule has 1 fully saturated rings. The van der Waals surface area contributed by atoms with Crippen LogP contribution < -0.4 is 20.9 Å². The van der Waals surface area contributed by atoms with E-state index in [-0.39, 0.29) is 12.1 Å². The number of hydrogen-bond acceptors (Lipinski definition) is 4. The molecule has 1 aliphatic carbocycles. The van der Waals surface area contributed by atoms with E-state index in [1.54, 1.807) is 12.1 Å². The summed E-state index contributed by atoms with van der Waals surface area (Å²) in [5, 5.41) is 11.2. The first-order valence-corrected chi connectivity index (χ1v) is 11.0. The molecule has 162 valence electrons. The van der Waals surface area contributed by atoms with E-state index in [1.165, 1.54) is 0 Å². The Morgan fingerprint density at radius 2 is 1.68 bits per heavy atom. The molecule has 0 aliphatic heterocycles. The summed E-state index contributed by atoms with van der Waals surface area (Å²) in [6, 6.07) is 17.8. The summed E-state index contributed by atoms with van der Waals surface area (Å²) in [6.07, 6.45) is 3.79. The Kier molecular flexibility index (Phi) is 6.47. The van der Waals surface area contributed by atoms with Gasteiger partial charge < -0.3 is 20.9 Å². The zero-order valence-electron chi connectivity index (χ0n) is 17.9. The van der Waals surface area contributed by atoms with Crippen LogP contribution in [-0.4, -0.2) is 37.2 Å². The lowest BCUT2D eigenvalue weighted by atomic mass is 9.91. The number of carbonyl (C=O) groups excluding carboxylic acids is 1. The lowest BCUT2D eigenvalue weighted by molar-refractivity contribution is 0.243. The highest BCUT2D eigenvalue weighted by Crippen LogP contribution is 2.29. The number of amides is 2. The molecule has 0 radical (unpaired) electrons. The summed E-state index contributed by atoms with van der Waals surface area (Å²) in [5.41, 5.74) is 2.76. The molecule has 1 aromatic heterocycles. The van der Waals surface area contributed by atoms with Crippen LogP contribution in [0.1, 0.15) is 25.7 Å². The maximum absolute atomic E-state index is 12.3. The minimum Gasteiger partial charge on any atom is -0.377 e. The van der Waals surface area contributed by atoms with Gasteiger partial charge in [-0.15, -0.1) is 0 Å². The van der Waals surface area contributed by atoms with Crippen LogP contribution >= 0.6 is 11.6 Å². The van der Waals surface area contributed by atoms with Crippen LogP contribution in [0.3, 0.4) is 0 Å². The number of hydrogen-bond donors (Lipinski definition) is 3. The number of anilines is 3. The molecule has 3 aromatic rings. The van der Waals surface area contributed by atoms with Crippen molar-refractivity contribution >= 4 is 45.7 Å². The number of nitrogens with one attached hydrogen (secondary N) is 3. The van der Waals surface area contributed by atoms with Gasteiger partial charge in [-0.25, -0.2) is 9.78 Å². The fourth-order valence-corrected chi connectivity index (χ4v) is 4.28. The second-order valence-electron chi connectivity index (χ2n) is 8.21. The van der Waals surface area contributed by atoms with Gasteiger partial charge in [0.15, 0.2) is 0 Å². The number of benzene rings is 2. The zero-order valence-corrected chi connectivity index (χ0v) is 18.6. The van der Waals surface area contributed by atoms with Crippen molar-refractivity contribution in [1.82, 2.24) is 10.3 Å². The van der Waals surface area contributed by atoms with Crippen LogP contribution in [0.2, 0.25) is 5.02 Å². The smallest absolute Gasteiger partial charge is 0.319 e. The number of aromatic nitrogens is 1. The summed E-state index contributed by atoms with van der Waals surface area (Å²) in [4.78, 5) is 19.2. The molecule has 0 bridgehead atoms. The Morgan fingerprint density at radius 3 is 2.42 bits per heavy atom. The van der Waals surface area contributed by atoms with Crippen LogP contribution in [-0.2, 0) is 0 Å². The van der Waals surface area contributed by atoms with E-state index in [2.05, 4.69) is 47.1 Å². The monoisotopic (exact) mass is 437 g/mol. The van der Waals surface area contributed by atoms with Crippen LogP contribution in [0.4, 0.5) is 22.0 Å². The van der Waals surface area contributed by atoms with Gasteiger partial charge in [-0.1, -0.05) is 41.9 Å². The second kappa shape index (κ2) is 9.43. The molecule has 0 unspecified atom stereocenters. The molecule has 1 saturated carbocycles. The fraction of sp³-hybridized carbons (Fsp3) is 0.333. The molecule has 1 heterocycles. The highest BCUT2D eigenvalue weighted by Gasteiger charge is 2.23. The van der Waals surface area contributed by atoms with Gasteiger partial charge in [0.05, 0.1) is 16.2 Å². The molecule has 7 heteroatoms. The Balaban J connectivity index is 1.33. The predicted octanol–water partition coefficient (Wildman–Crippen LogP) is 5.50. The van der Waals surface area contributed by atoms with Crippen LogP contribution in [0.5, 0.6) is 0 Å². The van der Waals surface area contributed by atoms with Crippen molar-refractivity contribution in [2.24, 2.45) is 0 Å². The van der Waals surface area contributed by atoms with E-state index in [0.717, 1.165) is 48.1 Å². The third-order valence-electron chi connectivity index (χ3n) is 5.71. The molecule has 0 atom stereocenters. The maximum Gasteiger partial charge on any atom is 0.319 e. The molecule has 3 N–H and O–H groups in total. The van der Waals surface area contributed by atoms with Crippen molar-refractivity contribution in [2.75, 3.05) is 29.6 Å². The summed E-state index contributed by atoms with van der Waals surface area (Å²) in [6.45, 7) is 0. The topological polar surface area (TPSA) is 69.3 Å². The largest absolute Gasteiger partial charge is 0.377 e. The van der Waals surface area contributed by atoms with E-state index in [4.69, 9.17) is 16.6 Å². The van der Waals surface area contributed by atoms with Crippen LogP contribution in [0.15, 0.2) is 54.6 Å². The van der Waals surface area contributed by atoms with Crippen molar-refractivity contribution in [2.45, 2.75) is 37.8 Å². The summed E-state index contributed by atoms with van der Waals surface area (Å²) < 4.78 is 0. The minimum atomic E-state index is -0.212. The van der Waals surface area contributed by atoms with E-state index >= 15 is 0 Å². The number of para-hydroxylation sites is 2. The Hall–Kier alpha value is -2.99. The summed E-state index contributed by atoms with van der Waals surface area (Å²) >= 11 is 6.11. The summed E-state index contributed by atoms with van der Waals surface area (Å²) in [7, 11) is 4.10. The van der Waals surface area contributed by atoms with Crippen LogP contribution in [0.25, 0.3) is 10.9 Å². The Bertz CT molecular complexity index is 1060. The number of nitrogens with zero attached hydrogens (tertiary/aromatic N) is 2. The van der Waals surface area contributed by atoms with Gasteiger partial charge in [0.1, 0.15) is 5.82 Å². The molecule has 4 rings (SSSR count). The molecule has 2 amide bonds. The molecule has 6 nitrogen and oxygen atoms in total. The standard InChI is InChI=1S/C24H28ClN5O/c1-30(2)22-15-23(28-20-9-5-3-7-18(20)22)26-16-11-13-17(14-12-16)27-24(31)29-21-10-6-4-8-19(21)25/h3-10,15-17H,11-14H2,1-2H3,(H,26,28)(H2,27,29,31)/t16-,17+. The van der Waals surface area contributed by atoms with Gasteiger partial charge in [-0.05, 0) is 43.9 Å². The number of rotatable bonds is 5. The van der Waals surface area contributed by atoms with Gasteiger partial charge >= 0.3 is 6.03 Å². The number of fused-ring (bicyclic) bond motifs is 1. The van der Waals surface area contributed by atoms with Crippen molar-refractivity contribution in [1.29, 1.82) is 0 Å². The lowest BCUT2D eigenvalue weighted by Gasteiger charge is -2.30. The van der Waals surface area contributed by atoms with Crippen LogP contribution in [0, 0.1) is 0 Å². The Labute approximate surface area is 188 Å².